The summed E-state index contributed by atoms with van der Waals surface area (Å²) >= 11 is 0. The number of fused-ring (bicyclic) bond motifs is 1. The molecular formula is C16H20N2O3. The van der Waals surface area contributed by atoms with Gasteiger partial charge in [0.25, 0.3) is 0 Å². The van der Waals surface area contributed by atoms with E-state index in [1.54, 1.807) is 11.8 Å². The van der Waals surface area contributed by atoms with Crippen LogP contribution in [0.1, 0.15) is 25.3 Å². The third kappa shape index (κ3) is 2.37. The number of rotatable bonds is 2. The van der Waals surface area contributed by atoms with Crippen molar-refractivity contribution in [3.63, 3.8) is 0 Å². The van der Waals surface area contributed by atoms with Gasteiger partial charge in [-0.2, -0.15) is 0 Å². The fourth-order valence-electron chi connectivity index (χ4n) is 3.35. The van der Waals surface area contributed by atoms with Crippen molar-refractivity contribution in [2.45, 2.75) is 32.2 Å². The van der Waals surface area contributed by atoms with E-state index in [1.165, 1.54) is 12.7 Å². The van der Waals surface area contributed by atoms with Gasteiger partial charge in [-0.15, -0.1) is 0 Å². The largest absolute Gasteiger partial charge is 0.467 e. The van der Waals surface area contributed by atoms with E-state index >= 15 is 0 Å². The number of carbonyl (C=O) groups excluding carboxylic acids is 2. The predicted octanol–water partition coefficient (Wildman–Crippen LogP) is 1.74. The molecule has 0 aromatic heterocycles. The smallest absolute Gasteiger partial charge is 0.328 e. The summed E-state index contributed by atoms with van der Waals surface area (Å²) < 4.78 is 4.89. The second-order valence-corrected chi connectivity index (χ2v) is 5.61. The number of methoxy groups -OCH3 is 1. The first kappa shape index (κ1) is 13.9. The Morgan fingerprint density at radius 1 is 1.29 bits per heavy atom. The Labute approximate surface area is 124 Å². The Kier molecular flexibility index (Phi) is 3.57. The van der Waals surface area contributed by atoms with Gasteiger partial charge >= 0.3 is 5.97 Å². The van der Waals surface area contributed by atoms with Gasteiger partial charge in [-0.05, 0) is 43.0 Å². The van der Waals surface area contributed by atoms with Gasteiger partial charge in [0.2, 0.25) is 5.91 Å². The maximum absolute atomic E-state index is 11.9. The van der Waals surface area contributed by atoms with Crippen molar-refractivity contribution in [3.05, 3.63) is 23.8 Å². The topological polar surface area (TPSA) is 49.9 Å². The van der Waals surface area contributed by atoms with Gasteiger partial charge in [-0.1, -0.05) is 0 Å². The molecule has 0 saturated carbocycles. The molecule has 1 saturated heterocycles. The quantitative estimate of drug-likeness (QED) is 0.778. The lowest BCUT2D eigenvalue weighted by atomic mass is 10.1. The van der Waals surface area contributed by atoms with E-state index in [2.05, 4.69) is 11.0 Å². The highest BCUT2D eigenvalue weighted by Gasteiger charge is 2.32. The molecule has 0 bridgehead atoms. The lowest BCUT2D eigenvalue weighted by molar-refractivity contribution is -0.141. The first-order chi connectivity index (χ1) is 10.1. The Hall–Kier alpha value is -2.04. The number of benzene rings is 1. The number of nitrogens with zero attached hydrogens (tertiary/aromatic N) is 2. The Morgan fingerprint density at radius 2 is 2.10 bits per heavy atom. The monoisotopic (exact) mass is 288 g/mol. The first-order valence-electron chi connectivity index (χ1n) is 7.37. The molecule has 1 fully saturated rings. The SMILES string of the molecule is COC(=O)C1CCCN1c1ccc2c(c1)CCN2C(C)=O. The summed E-state index contributed by atoms with van der Waals surface area (Å²) in [7, 11) is 1.44. The van der Waals surface area contributed by atoms with Crippen molar-refractivity contribution >= 4 is 23.3 Å². The second kappa shape index (κ2) is 5.39. The molecule has 1 unspecified atom stereocenters. The summed E-state index contributed by atoms with van der Waals surface area (Å²) in [6.07, 6.45) is 2.71. The van der Waals surface area contributed by atoms with Crippen LogP contribution in [0.5, 0.6) is 0 Å². The van der Waals surface area contributed by atoms with Crippen LogP contribution in [-0.2, 0) is 20.7 Å². The normalized spacial score (nSPS) is 20.6. The molecule has 2 heterocycles. The number of amides is 1. The molecule has 3 rings (SSSR count). The van der Waals surface area contributed by atoms with Crippen LogP contribution >= 0.6 is 0 Å². The Bertz CT molecular complexity index is 585. The molecule has 2 aliphatic rings. The zero-order valence-corrected chi connectivity index (χ0v) is 12.5. The van der Waals surface area contributed by atoms with E-state index < -0.39 is 0 Å². The third-order valence-electron chi connectivity index (χ3n) is 4.40. The standard InChI is InChI=1S/C16H20N2O3/c1-11(19)17-9-7-12-10-13(5-6-14(12)17)18-8-3-4-15(18)16(20)21-2/h5-6,10,15H,3-4,7-9H2,1-2H3. The van der Waals surface area contributed by atoms with Gasteiger partial charge < -0.3 is 14.5 Å². The summed E-state index contributed by atoms with van der Waals surface area (Å²) in [4.78, 5) is 27.4. The van der Waals surface area contributed by atoms with Crippen LogP contribution in [0, 0.1) is 0 Å². The highest BCUT2D eigenvalue weighted by molar-refractivity contribution is 5.94. The summed E-state index contributed by atoms with van der Waals surface area (Å²) in [5, 5.41) is 0. The van der Waals surface area contributed by atoms with Gasteiger partial charge in [-0.3, -0.25) is 4.79 Å². The van der Waals surface area contributed by atoms with Crippen LogP contribution in [0.3, 0.4) is 0 Å². The lowest BCUT2D eigenvalue weighted by Gasteiger charge is -2.25. The van der Waals surface area contributed by atoms with Gasteiger partial charge in [0.1, 0.15) is 6.04 Å². The molecule has 112 valence electrons. The Balaban J connectivity index is 1.88. The molecule has 21 heavy (non-hydrogen) atoms. The molecule has 0 aliphatic carbocycles. The molecule has 1 aromatic rings. The van der Waals surface area contributed by atoms with Gasteiger partial charge in [0, 0.05) is 31.4 Å². The number of esters is 1. The van der Waals surface area contributed by atoms with Crippen molar-refractivity contribution in [2.24, 2.45) is 0 Å². The minimum atomic E-state index is -0.182. The first-order valence-corrected chi connectivity index (χ1v) is 7.37. The van der Waals surface area contributed by atoms with Crippen LogP contribution in [0.25, 0.3) is 0 Å². The highest BCUT2D eigenvalue weighted by Crippen LogP contribution is 2.34. The van der Waals surface area contributed by atoms with Crippen LogP contribution in [-0.4, -0.2) is 38.1 Å². The van der Waals surface area contributed by atoms with E-state index in [0.717, 1.165) is 43.7 Å². The molecule has 1 aromatic carbocycles. The van der Waals surface area contributed by atoms with E-state index in [9.17, 15) is 9.59 Å². The van der Waals surface area contributed by atoms with Gasteiger partial charge in [-0.25, -0.2) is 4.79 Å². The number of ether oxygens (including phenoxy) is 1. The van der Waals surface area contributed by atoms with Gasteiger partial charge in [0.15, 0.2) is 0 Å². The lowest BCUT2D eigenvalue weighted by Crippen LogP contribution is -2.36. The van der Waals surface area contributed by atoms with Crippen molar-refractivity contribution < 1.29 is 14.3 Å². The van der Waals surface area contributed by atoms with Crippen molar-refractivity contribution in [1.82, 2.24) is 0 Å². The zero-order valence-electron chi connectivity index (χ0n) is 12.5. The van der Waals surface area contributed by atoms with Crippen molar-refractivity contribution in [3.8, 4) is 0 Å². The van der Waals surface area contributed by atoms with E-state index in [-0.39, 0.29) is 17.9 Å². The van der Waals surface area contributed by atoms with E-state index in [1.807, 2.05) is 12.1 Å². The van der Waals surface area contributed by atoms with E-state index in [4.69, 9.17) is 4.74 Å². The van der Waals surface area contributed by atoms with Crippen LogP contribution in [0.2, 0.25) is 0 Å². The maximum Gasteiger partial charge on any atom is 0.328 e. The van der Waals surface area contributed by atoms with Gasteiger partial charge in [0.05, 0.1) is 7.11 Å². The number of hydrogen-bond donors (Lipinski definition) is 0. The molecule has 2 aliphatic heterocycles. The van der Waals surface area contributed by atoms with E-state index in [0.29, 0.717) is 0 Å². The minimum absolute atomic E-state index is 0.0788. The fraction of sp³-hybridized carbons (Fsp3) is 0.500. The zero-order chi connectivity index (χ0) is 15.0. The Morgan fingerprint density at radius 3 is 2.81 bits per heavy atom. The molecule has 0 radical (unpaired) electrons. The summed E-state index contributed by atoms with van der Waals surface area (Å²) in [6, 6.07) is 5.92. The molecule has 5 heteroatoms. The molecule has 1 amide bonds. The number of anilines is 2. The van der Waals surface area contributed by atoms with Crippen molar-refractivity contribution in [2.75, 3.05) is 30.0 Å². The highest BCUT2D eigenvalue weighted by atomic mass is 16.5. The van der Waals surface area contributed by atoms with Crippen LogP contribution < -0.4 is 9.80 Å². The predicted molar refractivity (Wildman–Crippen MR) is 80.6 cm³/mol. The van der Waals surface area contributed by atoms with Crippen LogP contribution in [0.4, 0.5) is 11.4 Å². The maximum atomic E-state index is 11.9. The number of carbonyl (C=O) groups is 2. The second-order valence-electron chi connectivity index (χ2n) is 5.61. The summed E-state index contributed by atoms with van der Waals surface area (Å²) in [5.74, 6) is -0.0894. The van der Waals surface area contributed by atoms with Crippen LogP contribution in [0.15, 0.2) is 18.2 Å². The minimum Gasteiger partial charge on any atom is -0.467 e. The molecular weight excluding hydrogens is 268 g/mol. The van der Waals surface area contributed by atoms with Crippen molar-refractivity contribution in [1.29, 1.82) is 0 Å². The number of hydrogen-bond acceptors (Lipinski definition) is 4. The average Bonchev–Trinajstić information content (AvgIpc) is 3.12. The molecule has 0 spiro atoms. The fourth-order valence-corrected chi connectivity index (χ4v) is 3.35. The summed E-state index contributed by atoms with van der Waals surface area (Å²) in [5.41, 5.74) is 3.23. The summed E-state index contributed by atoms with van der Waals surface area (Å²) in [6.45, 7) is 3.21. The molecule has 5 nitrogen and oxygen atoms in total. The molecule has 0 N–H and O–H groups in total. The molecule has 1 atom stereocenters. The third-order valence-corrected chi connectivity index (χ3v) is 4.40. The average molecular weight is 288 g/mol.